The third-order valence-electron chi connectivity index (χ3n) is 3.42. The predicted molar refractivity (Wildman–Crippen MR) is 87.2 cm³/mol. The van der Waals surface area contributed by atoms with E-state index in [0.717, 1.165) is 11.0 Å². The maximum absolute atomic E-state index is 6.10. The van der Waals surface area contributed by atoms with E-state index in [0.29, 0.717) is 11.9 Å². The summed E-state index contributed by atoms with van der Waals surface area (Å²) in [6.45, 7) is 0.981. The highest BCUT2D eigenvalue weighted by atomic mass is 79.9. The fourth-order valence-corrected chi connectivity index (χ4v) is 3.53. The standard InChI is InChI=1S/C15H15BrClNS/c16-13-2-1-12(8-17)15(7-13)18(14-3-4-14)9-11-5-6-19-10-11/h1-2,5-7,10,14H,3-4,8-9H2. The first-order valence-electron chi connectivity index (χ1n) is 6.40. The predicted octanol–water partition coefficient (Wildman–Crippen LogP) is 5.42. The Bertz CT molecular complexity index is 551. The second-order valence-corrected chi connectivity index (χ2v) is 6.86. The molecule has 0 unspecified atom stereocenters. The van der Waals surface area contributed by atoms with Crippen LogP contribution >= 0.6 is 38.9 Å². The van der Waals surface area contributed by atoms with Crippen molar-refractivity contribution in [3.8, 4) is 0 Å². The van der Waals surface area contributed by atoms with E-state index in [2.05, 4.69) is 55.9 Å². The van der Waals surface area contributed by atoms with E-state index in [9.17, 15) is 0 Å². The SMILES string of the molecule is ClCc1ccc(Br)cc1N(Cc1ccsc1)C1CC1. The average Bonchev–Trinajstić information content (AvgIpc) is 3.13. The molecule has 1 aliphatic carbocycles. The van der Waals surface area contributed by atoms with Gasteiger partial charge in [-0.1, -0.05) is 22.0 Å². The molecule has 3 rings (SSSR count). The number of thiophene rings is 1. The van der Waals surface area contributed by atoms with Crippen molar-refractivity contribution in [2.45, 2.75) is 31.3 Å². The summed E-state index contributed by atoms with van der Waals surface area (Å²) in [6.07, 6.45) is 2.58. The van der Waals surface area contributed by atoms with Gasteiger partial charge in [0.2, 0.25) is 0 Å². The first-order chi connectivity index (χ1) is 9.28. The molecule has 19 heavy (non-hydrogen) atoms. The summed E-state index contributed by atoms with van der Waals surface area (Å²) in [7, 11) is 0. The van der Waals surface area contributed by atoms with E-state index in [1.54, 1.807) is 11.3 Å². The Labute approximate surface area is 131 Å². The Hall–Kier alpha value is -0.510. The first-order valence-corrected chi connectivity index (χ1v) is 8.67. The number of halogens is 2. The summed E-state index contributed by atoms with van der Waals surface area (Å²) < 4.78 is 1.12. The second-order valence-electron chi connectivity index (χ2n) is 4.90. The Kier molecular flexibility index (Phi) is 4.15. The highest BCUT2D eigenvalue weighted by Crippen LogP contribution is 2.37. The van der Waals surface area contributed by atoms with Gasteiger partial charge in [-0.15, -0.1) is 11.6 Å². The van der Waals surface area contributed by atoms with Crippen molar-refractivity contribution < 1.29 is 0 Å². The summed E-state index contributed by atoms with van der Waals surface area (Å²) >= 11 is 11.4. The first kappa shape index (κ1) is 13.5. The van der Waals surface area contributed by atoms with Crippen molar-refractivity contribution in [1.82, 2.24) is 0 Å². The smallest absolute Gasteiger partial charge is 0.0494 e. The van der Waals surface area contributed by atoms with Gasteiger partial charge in [-0.3, -0.25) is 0 Å². The Morgan fingerprint density at radius 1 is 1.32 bits per heavy atom. The quantitative estimate of drug-likeness (QED) is 0.647. The van der Waals surface area contributed by atoms with Crippen molar-refractivity contribution in [3.05, 3.63) is 50.6 Å². The molecule has 0 radical (unpaired) electrons. The van der Waals surface area contributed by atoms with E-state index in [-0.39, 0.29) is 0 Å². The fraction of sp³-hybridized carbons (Fsp3) is 0.333. The summed E-state index contributed by atoms with van der Waals surface area (Å²) in [6, 6.07) is 9.27. The summed E-state index contributed by atoms with van der Waals surface area (Å²) in [5.74, 6) is 0.565. The molecule has 0 amide bonds. The number of nitrogens with zero attached hydrogens (tertiary/aromatic N) is 1. The van der Waals surface area contributed by atoms with Crippen molar-refractivity contribution >= 4 is 44.6 Å². The molecule has 0 spiro atoms. The number of hydrogen-bond donors (Lipinski definition) is 0. The monoisotopic (exact) mass is 355 g/mol. The van der Waals surface area contributed by atoms with Crippen LogP contribution in [0.5, 0.6) is 0 Å². The molecule has 0 N–H and O–H groups in total. The van der Waals surface area contributed by atoms with Gasteiger partial charge in [0, 0.05) is 28.6 Å². The zero-order valence-electron chi connectivity index (χ0n) is 10.5. The van der Waals surface area contributed by atoms with Gasteiger partial charge in [-0.2, -0.15) is 11.3 Å². The van der Waals surface area contributed by atoms with Crippen LogP contribution in [0, 0.1) is 0 Å². The lowest BCUT2D eigenvalue weighted by atomic mass is 10.1. The van der Waals surface area contributed by atoms with E-state index >= 15 is 0 Å². The van der Waals surface area contributed by atoms with Gasteiger partial charge in [-0.25, -0.2) is 0 Å². The molecule has 0 aliphatic heterocycles. The molecular formula is C15H15BrClNS. The van der Waals surface area contributed by atoms with Gasteiger partial charge < -0.3 is 4.90 Å². The third kappa shape index (κ3) is 3.15. The van der Waals surface area contributed by atoms with Gasteiger partial charge in [0.1, 0.15) is 0 Å². The minimum Gasteiger partial charge on any atom is -0.364 e. The van der Waals surface area contributed by atoms with Crippen LogP contribution < -0.4 is 4.90 Å². The zero-order valence-corrected chi connectivity index (χ0v) is 13.6. The van der Waals surface area contributed by atoms with Crippen molar-refractivity contribution in [2.75, 3.05) is 4.90 Å². The molecule has 1 aromatic carbocycles. The van der Waals surface area contributed by atoms with E-state index in [4.69, 9.17) is 11.6 Å². The van der Waals surface area contributed by atoms with E-state index < -0.39 is 0 Å². The molecule has 1 saturated carbocycles. The van der Waals surface area contributed by atoms with Gasteiger partial charge in [-0.05, 0) is 52.9 Å². The van der Waals surface area contributed by atoms with Crippen LogP contribution in [0.1, 0.15) is 24.0 Å². The molecule has 0 bridgehead atoms. The van der Waals surface area contributed by atoms with Crippen molar-refractivity contribution in [2.24, 2.45) is 0 Å². The van der Waals surface area contributed by atoms with Gasteiger partial charge in [0.25, 0.3) is 0 Å². The molecule has 4 heteroatoms. The molecule has 1 heterocycles. The van der Waals surface area contributed by atoms with Gasteiger partial charge >= 0.3 is 0 Å². The van der Waals surface area contributed by atoms with Gasteiger partial charge in [0.05, 0.1) is 0 Å². The summed E-state index contributed by atoms with van der Waals surface area (Å²) in [5.41, 5.74) is 3.88. The van der Waals surface area contributed by atoms with Crippen molar-refractivity contribution in [1.29, 1.82) is 0 Å². The molecule has 1 nitrogen and oxygen atoms in total. The maximum Gasteiger partial charge on any atom is 0.0494 e. The Morgan fingerprint density at radius 2 is 2.16 bits per heavy atom. The lowest BCUT2D eigenvalue weighted by Crippen LogP contribution is -2.25. The molecule has 0 saturated heterocycles. The Balaban J connectivity index is 1.93. The topological polar surface area (TPSA) is 3.24 Å². The van der Waals surface area contributed by atoms with Crippen LogP contribution in [-0.4, -0.2) is 6.04 Å². The van der Waals surface area contributed by atoms with Crippen LogP contribution in [0.15, 0.2) is 39.5 Å². The Morgan fingerprint density at radius 3 is 2.79 bits per heavy atom. The number of rotatable bonds is 5. The second kappa shape index (κ2) is 5.86. The van der Waals surface area contributed by atoms with Crippen LogP contribution in [0.25, 0.3) is 0 Å². The number of hydrogen-bond acceptors (Lipinski definition) is 2. The van der Waals surface area contributed by atoms with E-state index in [1.165, 1.54) is 29.7 Å². The molecule has 0 atom stereocenters. The fourth-order valence-electron chi connectivity index (χ4n) is 2.29. The highest BCUT2D eigenvalue weighted by molar-refractivity contribution is 9.10. The largest absolute Gasteiger partial charge is 0.364 e. The normalized spacial score (nSPS) is 14.6. The third-order valence-corrected chi connectivity index (χ3v) is 4.93. The van der Waals surface area contributed by atoms with Crippen LogP contribution in [-0.2, 0) is 12.4 Å². The molecule has 100 valence electrons. The maximum atomic E-state index is 6.10. The number of benzene rings is 1. The zero-order chi connectivity index (χ0) is 13.2. The minimum absolute atomic E-state index is 0.565. The molecule has 2 aromatic rings. The summed E-state index contributed by atoms with van der Waals surface area (Å²) in [5, 5.41) is 4.37. The van der Waals surface area contributed by atoms with Crippen LogP contribution in [0.2, 0.25) is 0 Å². The van der Waals surface area contributed by atoms with Gasteiger partial charge in [0.15, 0.2) is 0 Å². The summed E-state index contributed by atoms with van der Waals surface area (Å²) in [4.78, 5) is 2.50. The molecule has 1 aliphatic rings. The number of anilines is 1. The van der Waals surface area contributed by atoms with E-state index in [1.807, 2.05) is 0 Å². The van der Waals surface area contributed by atoms with Crippen molar-refractivity contribution in [3.63, 3.8) is 0 Å². The van der Waals surface area contributed by atoms with Crippen LogP contribution in [0.4, 0.5) is 5.69 Å². The minimum atomic E-state index is 0.565. The molecule has 1 fully saturated rings. The average molecular weight is 357 g/mol. The molecular weight excluding hydrogens is 342 g/mol. The number of alkyl halides is 1. The lowest BCUT2D eigenvalue weighted by Gasteiger charge is -2.27. The molecule has 1 aromatic heterocycles. The van der Waals surface area contributed by atoms with Crippen LogP contribution in [0.3, 0.4) is 0 Å². The lowest BCUT2D eigenvalue weighted by molar-refractivity contribution is 0.792. The highest BCUT2D eigenvalue weighted by Gasteiger charge is 2.30.